The van der Waals surface area contributed by atoms with E-state index < -0.39 is 6.10 Å². The number of nitrogens with zero attached hydrogens (tertiary/aromatic N) is 7. The van der Waals surface area contributed by atoms with Crippen LogP contribution in [0.15, 0.2) is 47.7 Å². The van der Waals surface area contributed by atoms with Crippen molar-refractivity contribution in [2.45, 2.75) is 26.1 Å². The van der Waals surface area contributed by atoms with Crippen molar-refractivity contribution < 1.29 is 5.11 Å². The van der Waals surface area contributed by atoms with Crippen LogP contribution in [0.3, 0.4) is 0 Å². The molecule has 0 saturated heterocycles. The Balaban J connectivity index is 1.53. The van der Waals surface area contributed by atoms with Gasteiger partial charge in [0, 0.05) is 11.2 Å². The van der Waals surface area contributed by atoms with Gasteiger partial charge in [-0.2, -0.15) is 4.80 Å². The van der Waals surface area contributed by atoms with Gasteiger partial charge >= 0.3 is 0 Å². The summed E-state index contributed by atoms with van der Waals surface area (Å²) in [5.74, 6) is 0.341. The molecule has 0 aliphatic heterocycles. The number of hydrogen-bond acceptors (Lipinski definition) is 7. The summed E-state index contributed by atoms with van der Waals surface area (Å²) in [5, 5.41) is 23.5. The molecular weight excluding hydrogens is 382 g/mol. The zero-order chi connectivity index (χ0) is 19.7. The van der Waals surface area contributed by atoms with Gasteiger partial charge in [-0.3, -0.25) is 9.36 Å². The lowest BCUT2D eigenvalue weighted by Crippen LogP contribution is -2.23. The van der Waals surface area contributed by atoms with Gasteiger partial charge in [0.1, 0.15) is 12.4 Å². The molecule has 0 aliphatic carbocycles. The minimum Gasteiger partial charge on any atom is -0.386 e. The Labute approximate surface area is 164 Å². The highest BCUT2D eigenvalue weighted by Crippen LogP contribution is 2.17. The molecule has 0 amide bonds. The molecule has 0 saturated carbocycles. The fourth-order valence-corrected chi connectivity index (χ4v) is 2.98. The summed E-state index contributed by atoms with van der Waals surface area (Å²) in [6, 6.07) is 8.65. The first-order valence-electron chi connectivity index (χ1n) is 8.52. The molecule has 9 nitrogen and oxygen atoms in total. The number of aromatic nitrogens is 7. The molecule has 0 radical (unpaired) electrons. The Hall–Kier alpha value is -3.17. The van der Waals surface area contributed by atoms with E-state index in [1.54, 1.807) is 36.5 Å². The maximum Gasteiger partial charge on any atom is 0.263 e. The second kappa shape index (κ2) is 7.45. The third kappa shape index (κ3) is 3.62. The van der Waals surface area contributed by atoms with Crippen LogP contribution in [0.5, 0.6) is 0 Å². The van der Waals surface area contributed by atoms with Gasteiger partial charge < -0.3 is 5.11 Å². The number of rotatable bonds is 5. The summed E-state index contributed by atoms with van der Waals surface area (Å²) in [6.45, 7) is 2.08. The third-order valence-corrected chi connectivity index (χ3v) is 4.58. The first-order valence-corrected chi connectivity index (χ1v) is 8.90. The average molecular weight is 398 g/mol. The number of aryl methyl sites for hydroxylation is 1. The Bertz CT molecular complexity index is 1190. The molecule has 0 fully saturated rings. The first kappa shape index (κ1) is 18.2. The predicted molar refractivity (Wildman–Crippen MR) is 102 cm³/mol. The minimum absolute atomic E-state index is 0.118. The summed E-state index contributed by atoms with van der Waals surface area (Å²) in [7, 11) is 0. The highest BCUT2D eigenvalue weighted by atomic mass is 35.5. The van der Waals surface area contributed by atoms with Gasteiger partial charge in [0.25, 0.3) is 5.56 Å². The maximum absolute atomic E-state index is 12.7. The van der Waals surface area contributed by atoms with E-state index in [1.165, 1.54) is 15.7 Å². The summed E-state index contributed by atoms with van der Waals surface area (Å²) in [4.78, 5) is 22.3. The van der Waals surface area contributed by atoms with Crippen LogP contribution >= 0.6 is 11.6 Å². The smallest absolute Gasteiger partial charge is 0.263 e. The molecule has 0 aliphatic rings. The van der Waals surface area contributed by atoms with Crippen LogP contribution in [-0.2, 0) is 13.1 Å². The van der Waals surface area contributed by atoms with Crippen molar-refractivity contribution in [3.63, 3.8) is 0 Å². The average Bonchev–Trinajstić information content (AvgIpc) is 3.11. The van der Waals surface area contributed by atoms with E-state index in [0.717, 1.165) is 5.56 Å². The molecule has 1 atom stereocenters. The predicted octanol–water partition coefficient (Wildman–Crippen LogP) is 1.52. The Morgan fingerprint density at radius 2 is 1.96 bits per heavy atom. The zero-order valence-corrected chi connectivity index (χ0v) is 15.7. The summed E-state index contributed by atoms with van der Waals surface area (Å²) < 4.78 is 1.41. The van der Waals surface area contributed by atoms with Gasteiger partial charge in [0.2, 0.25) is 0 Å². The van der Waals surface area contributed by atoms with E-state index in [4.69, 9.17) is 11.6 Å². The quantitative estimate of drug-likeness (QED) is 0.543. The number of benzene rings is 1. The van der Waals surface area contributed by atoms with Crippen molar-refractivity contribution in [1.29, 1.82) is 0 Å². The highest BCUT2D eigenvalue weighted by molar-refractivity contribution is 6.30. The summed E-state index contributed by atoms with van der Waals surface area (Å²) in [6.07, 6.45) is 2.23. The second-order valence-electron chi connectivity index (χ2n) is 6.33. The number of tetrazole rings is 1. The third-order valence-electron chi connectivity index (χ3n) is 4.33. The Morgan fingerprint density at radius 1 is 1.18 bits per heavy atom. The van der Waals surface area contributed by atoms with Crippen molar-refractivity contribution >= 4 is 22.6 Å². The number of aliphatic hydroxyl groups is 1. The molecule has 3 aromatic heterocycles. The summed E-state index contributed by atoms with van der Waals surface area (Å²) in [5.41, 5.74) is 1.69. The second-order valence-corrected chi connectivity index (χ2v) is 6.77. The molecule has 10 heteroatoms. The lowest BCUT2D eigenvalue weighted by molar-refractivity contribution is 0.144. The SMILES string of the molecule is Cc1ccnc2ncn(Cc3nnn(C[C@H](O)c4ccc(Cl)cc4)n3)c(=O)c12. The zero-order valence-electron chi connectivity index (χ0n) is 14.9. The molecule has 0 bridgehead atoms. The van der Waals surface area contributed by atoms with Crippen LogP contribution in [0.25, 0.3) is 11.0 Å². The van der Waals surface area contributed by atoms with E-state index in [9.17, 15) is 9.90 Å². The van der Waals surface area contributed by atoms with Gasteiger partial charge in [-0.1, -0.05) is 23.7 Å². The van der Waals surface area contributed by atoms with Crippen molar-refractivity contribution in [1.82, 2.24) is 34.7 Å². The molecule has 0 unspecified atom stereocenters. The Kier molecular flexibility index (Phi) is 4.84. The number of aliphatic hydroxyl groups excluding tert-OH is 1. The van der Waals surface area contributed by atoms with Crippen LogP contribution in [0.4, 0.5) is 0 Å². The fraction of sp³-hybridized carbons (Fsp3) is 0.222. The van der Waals surface area contributed by atoms with E-state index in [0.29, 0.717) is 27.4 Å². The maximum atomic E-state index is 12.7. The van der Waals surface area contributed by atoms with Gasteiger partial charge in [-0.05, 0) is 41.5 Å². The van der Waals surface area contributed by atoms with Crippen molar-refractivity contribution in [2.24, 2.45) is 0 Å². The van der Waals surface area contributed by atoms with Gasteiger partial charge in [-0.25, -0.2) is 9.97 Å². The van der Waals surface area contributed by atoms with Gasteiger partial charge in [0.15, 0.2) is 11.5 Å². The van der Waals surface area contributed by atoms with Crippen LogP contribution in [-0.4, -0.2) is 39.8 Å². The monoisotopic (exact) mass is 397 g/mol. The van der Waals surface area contributed by atoms with E-state index in [1.807, 2.05) is 6.92 Å². The van der Waals surface area contributed by atoms with Crippen molar-refractivity contribution in [2.75, 3.05) is 0 Å². The van der Waals surface area contributed by atoms with E-state index in [2.05, 4.69) is 25.4 Å². The topological polar surface area (TPSA) is 112 Å². The normalized spacial score (nSPS) is 12.4. The molecular formula is C18H16ClN7O2. The minimum atomic E-state index is -0.807. The fourth-order valence-electron chi connectivity index (χ4n) is 2.85. The number of halogens is 1. The molecule has 4 aromatic rings. The molecule has 142 valence electrons. The highest BCUT2D eigenvalue weighted by Gasteiger charge is 2.13. The largest absolute Gasteiger partial charge is 0.386 e. The van der Waals surface area contributed by atoms with Crippen LogP contribution in [0, 0.1) is 6.92 Å². The molecule has 4 rings (SSSR count). The first-order chi connectivity index (χ1) is 13.5. The molecule has 0 spiro atoms. The van der Waals surface area contributed by atoms with E-state index in [-0.39, 0.29) is 18.6 Å². The lowest BCUT2D eigenvalue weighted by atomic mass is 10.1. The molecule has 28 heavy (non-hydrogen) atoms. The van der Waals surface area contributed by atoms with Crippen LogP contribution in [0.1, 0.15) is 23.1 Å². The molecule has 1 N–H and O–H groups in total. The number of pyridine rings is 1. The van der Waals surface area contributed by atoms with Crippen LogP contribution < -0.4 is 5.56 Å². The Morgan fingerprint density at radius 3 is 2.75 bits per heavy atom. The standard InChI is InChI=1S/C18H16ClN7O2/c1-11-6-7-20-17-16(11)18(28)25(10-21-17)9-15-22-24-26(23-15)8-14(27)12-2-4-13(19)5-3-12/h2-7,10,14,27H,8-9H2,1H3/t14-/m0/s1. The van der Waals surface area contributed by atoms with Gasteiger partial charge in [-0.15, -0.1) is 10.2 Å². The molecule has 1 aromatic carbocycles. The van der Waals surface area contributed by atoms with Crippen molar-refractivity contribution in [3.8, 4) is 0 Å². The van der Waals surface area contributed by atoms with Gasteiger partial charge in [0.05, 0.1) is 18.5 Å². The van der Waals surface area contributed by atoms with E-state index >= 15 is 0 Å². The summed E-state index contributed by atoms with van der Waals surface area (Å²) >= 11 is 5.86. The van der Waals surface area contributed by atoms with Crippen molar-refractivity contribution in [3.05, 3.63) is 75.2 Å². The van der Waals surface area contributed by atoms with Crippen LogP contribution in [0.2, 0.25) is 5.02 Å². The number of fused-ring (bicyclic) bond motifs is 1. The lowest BCUT2D eigenvalue weighted by Gasteiger charge is -2.09. The number of hydrogen-bond donors (Lipinski definition) is 1. The molecule has 3 heterocycles.